The molecule has 0 aliphatic heterocycles. The quantitative estimate of drug-likeness (QED) is 0.546. The fraction of sp³-hybridized carbons (Fsp3) is 0.250. The number of hydrogen-bond acceptors (Lipinski definition) is 4. The molecule has 4 heteroatoms. The van der Waals surface area contributed by atoms with Gasteiger partial charge in [0.25, 0.3) is 0 Å². The zero-order chi connectivity index (χ0) is 8.81. The standard InChI is InChI=1S/C8H10N2O2/c11-9-7-10(12)6-8-4-2-1-3-5-8/h1-5,12H,6-7H2. The average molecular weight is 166 g/mol. The topological polar surface area (TPSA) is 52.9 Å². The first-order valence-electron chi connectivity index (χ1n) is 3.60. The minimum Gasteiger partial charge on any atom is -0.312 e. The number of hydrogen-bond donors (Lipinski definition) is 1. The van der Waals surface area contributed by atoms with Gasteiger partial charge < -0.3 is 5.21 Å². The van der Waals surface area contributed by atoms with Crippen molar-refractivity contribution in [3.8, 4) is 0 Å². The average Bonchev–Trinajstić information content (AvgIpc) is 2.06. The molecule has 1 rings (SSSR count). The molecule has 0 unspecified atom stereocenters. The first kappa shape index (κ1) is 8.83. The van der Waals surface area contributed by atoms with Crippen LogP contribution in [0, 0.1) is 4.91 Å². The van der Waals surface area contributed by atoms with Gasteiger partial charge in [0.05, 0.1) is 6.54 Å². The summed E-state index contributed by atoms with van der Waals surface area (Å²) in [6.45, 7) is 0.126. The van der Waals surface area contributed by atoms with Crippen LogP contribution in [0.1, 0.15) is 5.56 Å². The van der Waals surface area contributed by atoms with E-state index in [1.807, 2.05) is 30.3 Å². The van der Waals surface area contributed by atoms with Crippen molar-refractivity contribution in [3.63, 3.8) is 0 Å². The minimum absolute atomic E-state index is 0.200. The Morgan fingerprint density at radius 1 is 1.33 bits per heavy atom. The van der Waals surface area contributed by atoms with E-state index in [1.165, 1.54) is 0 Å². The Labute approximate surface area is 70.4 Å². The van der Waals surface area contributed by atoms with Crippen LogP contribution in [0.15, 0.2) is 35.5 Å². The molecule has 0 radical (unpaired) electrons. The molecule has 0 aliphatic rings. The highest BCUT2D eigenvalue weighted by Crippen LogP contribution is 2.01. The second-order valence-corrected chi connectivity index (χ2v) is 2.42. The maximum atomic E-state index is 9.75. The molecular weight excluding hydrogens is 156 g/mol. The van der Waals surface area contributed by atoms with Crippen LogP contribution in [0.3, 0.4) is 0 Å². The molecule has 0 amide bonds. The molecule has 0 bridgehead atoms. The lowest BCUT2D eigenvalue weighted by atomic mass is 10.2. The summed E-state index contributed by atoms with van der Waals surface area (Å²) in [7, 11) is 0. The summed E-state index contributed by atoms with van der Waals surface area (Å²) in [5.41, 5.74) is 0.948. The third-order valence-electron chi connectivity index (χ3n) is 1.43. The molecule has 1 aromatic carbocycles. The van der Waals surface area contributed by atoms with E-state index in [2.05, 4.69) is 5.18 Å². The molecule has 0 heterocycles. The number of hydroxylamine groups is 2. The molecule has 12 heavy (non-hydrogen) atoms. The minimum atomic E-state index is -0.200. The lowest BCUT2D eigenvalue weighted by Crippen LogP contribution is -2.17. The van der Waals surface area contributed by atoms with Gasteiger partial charge in [-0.05, 0) is 5.56 Å². The van der Waals surface area contributed by atoms with Crippen LogP contribution in [0.25, 0.3) is 0 Å². The lowest BCUT2D eigenvalue weighted by molar-refractivity contribution is -0.0969. The molecule has 0 atom stereocenters. The molecule has 0 fully saturated rings. The van der Waals surface area contributed by atoms with Crippen molar-refractivity contribution in [2.24, 2.45) is 5.18 Å². The molecule has 0 saturated heterocycles. The van der Waals surface area contributed by atoms with Crippen molar-refractivity contribution >= 4 is 0 Å². The van der Waals surface area contributed by atoms with Crippen LogP contribution in [0.5, 0.6) is 0 Å². The molecular formula is C8H10N2O2. The van der Waals surface area contributed by atoms with Crippen molar-refractivity contribution in [1.82, 2.24) is 5.06 Å². The predicted octanol–water partition coefficient (Wildman–Crippen LogP) is 1.60. The summed E-state index contributed by atoms with van der Waals surface area (Å²) in [4.78, 5) is 9.75. The summed E-state index contributed by atoms with van der Waals surface area (Å²) in [6.07, 6.45) is 0. The second kappa shape index (κ2) is 4.58. The van der Waals surface area contributed by atoms with E-state index < -0.39 is 0 Å². The van der Waals surface area contributed by atoms with Gasteiger partial charge in [-0.15, -0.1) is 4.91 Å². The zero-order valence-electron chi connectivity index (χ0n) is 6.55. The summed E-state index contributed by atoms with van der Waals surface area (Å²) >= 11 is 0. The Bertz CT molecular complexity index is 238. The van der Waals surface area contributed by atoms with Crippen LogP contribution in [-0.4, -0.2) is 16.9 Å². The second-order valence-electron chi connectivity index (χ2n) is 2.42. The molecule has 0 spiro atoms. The third kappa shape index (κ3) is 2.77. The molecule has 64 valence electrons. The predicted molar refractivity (Wildman–Crippen MR) is 44.4 cm³/mol. The van der Waals surface area contributed by atoms with Gasteiger partial charge in [-0.25, -0.2) is 0 Å². The Balaban J connectivity index is 2.46. The smallest absolute Gasteiger partial charge is 0.156 e. The van der Waals surface area contributed by atoms with Crippen LogP contribution in [0.4, 0.5) is 0 Å². The SMILES string of the molecule is O=NCN(O)Cc1ccccc1. The van der Waals surface area contributed by atoms with Gasteiger partial charge in [-0.2, -0.15) is 5.06 Å². The van der Waals surface area contributed by atoms with E-state index in [-0.39, 0.29) is 6.67 Å². The van der Waals surface area contributed by atoms with E-state index in [0.717, 1.165) is 10.6 Å². The lowest BCUT2D eigenvalue weighted by Gasteiger charge is -2.09. The summed E-state index contributed by atoms with van der Waals surface area (Å²) in [6, 6.07) is 9.38. The Hall–Kier alpha value is -1.26. The van der Waals surface area contributed by atoms with Gasteiger partial charge in [0.2, 0.25) is 0 Å². The van der Waals surface area contributed by atoms with Gasteiger partial charge in [0.1, 0.15) is 0 Å². The number of rotatable bonds is 4. The molecule has 4 nitrogen and oxygen atoms in total. The highest BCUT2D eigenvalue weighted by molar-refractivity contribution is 5.13. The van der Waals surface area contributed by atoms with Gasteiger partial charge in [0, 0.05) is 0 Å². The summed E-state index contributed by atoms with van der Waals surface area (Å²) in [5, 5.41) is 12.5. The monoisotopic (exact) mass is 166 g/mol. The fourth-order valence-electron chi connectivity index (χ4n) is 0.911. The summed E-state index contributed by atoms with van der Waals surface area (Å²) in [5.74, 6) is 0. The van der Waals surface area contributed by atoms with Crippen LogP contribution in [0.2, 0.25) is 0 Å². The number of benzene rings is 1. The molecule has 1 aromatic rings. The van der Waals surface area contributed by atoms with E-state index in [0.29, 0.717) is 6.54 Å². The maximum absolute atomic E-state index is 9.75. The van der Waals surface area contributed by atoms with Crippen molar-refractivity contribution in [2.75, 3.05) is 6.67 Å². The largest absolute Gasteiger partial charge is 0.312 e. The highest BCUT2D eigenvalue weighted by Gasteiger charge is 1.99. The van der Waals surface area contributed by atoms with Gasteiger partial charge in [-0.3, -0.25) is 0 Å². The van der Waals surface area contributed by atoms with Crippen LogP contribution >= 0.6 is 0 Å². The van der Waals surface area contributed by atoms with E-state index in [1.54, 1.807) is 0 Å². The molecule has 0 saturated carbocycles. The molecule has 0 aliphatic carbocycles. The van der Waals surface area contributed by atoms with Gasteiger partial charge in [0.15, 0.2) is 6.67 Å². The van der Waals surface area contributed by atoms with Crippen molar-refractivity contribution in [2.45, 2.75) is 6.54 Å². The fourth-order valence-corrected chi connectivity index (χ4v) is 0.911. The molecule has 1 N–H and O–H groups in total. The maximum Gasteiger partial charge on any atom is 0.156 e. The number of nitroso groups, excluding NO2 is 1. The molecule has 0 aromatic heterocycles. The van der Waals surface area contributed by atoms with Crippen molar-refractivity contribution in [3.05, 3.63) is 40.8 Å². The Morgan fingerprint density at radius 3 is 2.58 bits per heavy atom. The van der Waals surface area contributed by atoms with Crippen LogP contribution < -0.4 is 0 Å². The highest BCUT2D eigenvalue weighted by atomic mass is 16.5. The Morgan fingerprint density at radius 2 is 2.00 bits per heavy atom. The van der Waals surface area contributed by atoms with Gasteiger partial charge in [-0.1, -0.05) is 35.5 Å². The normalized spacial score (nSPS) is 10.2. The van der Waals surface area contributed by atoms with Crippen LogP contribution in [-0.2, 0) is 6.54 Å². The van der Waals surface area contributed by atoms with Crippen molar-refractivity contribution < 1.29 is 5.21 Å². The zero-order valence-corrected chi connectivity index (χ0v) is 6.55. The first-order chi connectivity index (χ1) is 5.83. The summed E-state index contributed by atoms with van der Waals surface area (Å²) < 4.78 is 0. The van der Waals surface area contributed by atoms with E-state index >= 15 is 0 Å². The van der Waals surface area contributed by atoms with Gasteiger partial charge >= 0.3 is 0 Å². The van der Waals surface area contributed by atoms with E-state index in [9.17, 15) is 4.91 Å². The third-order valence-corrected chi connectivity index (χ3v) is 1.43. The van der Waals surface area contributed by atoms with Crippen molar-refractivity contribution in [1.29, 1.82) is 0 Å². The number of nitrogens with zero attached hydrogens (tertiary/aromatic N) is 2. The van der Waals surface area contributed by atoms with E-state index in [4.69, 9.17) is 5.21 Å². The first-order valence-corrected chi connectivity index (χ1v) is 3.60. The Kier molecular flexibility index (Phi) is 3.37.